The summed E-state index contributed by atoms with van der Waals surface area (Å²) in [5.41, 5.74) is 7.45. The Kier molecular flexibility index (Phi) is 7.16. The Balaban J connectivity index is 1.53. The summed E-state index contributed by atoms with van der Waals surface area (Å²) >= 11 is 0. The second kappa shape index (κ2) is 10.1. The molecule has 0 bridgehead atoms. The molecule has 0 atom stereocenters. The van der Waals surface area contributed by atoms with Gasteiger partial charge in [-0.15, -0.1) is 0 Å². The van der Waals surface area contributed by atoms with Crippen LogP contribution in [0.15, 0.2) is 35.3 Å². The highest BCUT2D eigenvalue weighted by Crippen LogP contribution is 2.47. The van der Waals surface area contributed by atoms with E-state index in [0.717, 1.165) is 43.3 Å². The molecule has 9 heteroatoms. The van der Waals surface area contributed by atoms with Gasteiger partial charge in [-0.05, 0) is 74.3 Å². The summed E-state index contributed by atoms with van der Waals surface area (Å²) in [5.74, 6) is 0.887. The molecule has 1 amide bonds. The van der Waals surface area contributed by atoms with Gasteiger partial charge >= 0.3 is 5.82 Å². The van der Waals surface area contributed by atoms with E-state index in [-0.39, 0.29) is 11.7 Å². The van der Waals surface area contributed by atoms with Crippen molar-refractivity contribution >= 4 is 29.3 Å². The van der Waals surface area contributed by atoms with Crippen LogP contribution >= 0.6 is 0 Å². The SMILES string of the molecule is CCOc1cc(N)c(C=NC2CCC(O)(C3CC3)CC2)cc1NC(=O)c1cccc(N(C)C)[n+]1O. The van der Waals surface area contributed by atoms with Gasteiger partial charge in [0.15, 0.2) is 0 Å². The maximum atomic E-state index is 13.0. The quantitative estimate of drug-likeness (QED) is 0.198. The summed E-state index contributed by atoms with van der Waals surface area (Å²) in [6.45, 7) is 2.25. The van der Waals surface area contributed by atoms with Crippen molar-refractivity contribution in [3.05, 3.63) is 41.6 Å². The van der Waals surface area contributed by atoms with Crippen LogP contribution in [0.1, 0.15) is 61.5 Å². The van der Waals surface area contributed by atoms with E-state index >= 15 is 0 Å². The zero-order chi connectivity index (χ0) is 25.2. The fourth-order valence-electron chi connectivity index (χ4n) is 4.75. The van der Waals surface area contributed by atoms with Gasteiger partial charge < -0.3 is 26.1 Å². The van der Waals surface area contributed by atoms with Gasteiger partial charge in [-0.3, -0.25) is 14.7 Å². The molecule has 0 unspecified atom stereocenters. The van der Waals surface area contributed by atoms with Crippen LogP contribution in [0.2, 0.25) is 0 Å². The summed E-state index contributed by atoms with van der Waals surface area (Å²) in [4.78, 5) is 19.5. The maximum Gasteiger partial charge on any atom is 0.316 e. The number of nitrogens with one attached hydrogen (secondary N) is 1. The van der Waals surface area contributed by atoms with Gasteiger partial charge in [0, 0.05) is 29.6 Å². The molecule has 35 heavy (non-hydrogen) atoms. The zero-order valence-corrected chi connectivity index (χ0v) is 20.7. The number of amides is 1. The van der Waals surface area contributed by atoms with E-state index in [0.29, 0.717) is 41.0 Å². The van der Waals surface area contributed by atoms with Crippen LogP contribution in [0.3, 0.4) is 0 Å². The smallest absolute Gasteiger partial charge is 0.316 e. The van der Waals surface area contributed by atoms with E-state index in [1.165, 1.54) is 6.07 Å². The number of rotatable bonds is 8. The van der Waals surface area contributed by atoms with Crippen molar-refractivity contribution in [2.24, 2.45) is 10.9 Å². The molecule has 9 nitrogen and oxygen atoms in total. The van der Waals surface area contributed by atoms with Crippen LogP contribution < -0.4 is 25.4 Å². The van der Waals surface area contributed by atoms with Crippen LogP contribution in [0.25, 0.3) is 0 Å². The number of nitrogens with zero attached hydrogens (tertiary/aromatic N) is 3. The van der Waals surface area contributed by atoms with E-state index in [4.69, 9.17) is 15.5 Å². The summed E-state index contributed by atoms with van der Waals surface area (Å²) < 4.78 is 6.55. The lowest BCUT2D eigenvalue weighted by Gasteiger charge is -2.35. The minimum atomic E-state index is -0.505. The van der Waals surface area contributed by atoms with Crippen LogP contribution in [-0.4, -0.2) is 54.8 Å². The molecule has 1 aromatic carbocycles. The van der Waals surface area contributed by atoms with Gasteiger partial charge in [-0.25, -0.2) is 0 Å². The molecule has 4 rings (SSSR count). The zero-order valence-electron chi connectivity index (χ0n) is 20.7. The molecule has 2 saturated carbocycles. The highest BCUT2D eigenvalue weighted by atomic mass is 16.5. The summed E-state index contributed by atoms with van der Waals surface area (Å²) in [5, 5.41) is 24.1. The van der Waals surface area contributed by atoms with Crippen molar-refractivity contribution in [1.82, 2.24) is 0 Å². The number of aliphatic imine (C=N–C) groups is 1. The molecule has 2 fully saturated rings. The van der Waals surface area contributed by atoms with Crippen LogP contribution in [-0.2, 0) is 0 Å². The number of hydrogen-bond donors (Lipinski definition) is 4. The lowest BCUT2D eigenvalue weighted by molar-refractivity contribution is -0.895. The number of ether oxygens (including phenoxy) is 1. The van der Waals surface area contributed by atoms with E-state index in [1.54, 1.807) is 49.5 Å². The second-order valence-electron chi connectivity index (χ2n) is 9.73. The van der Waals surface area contributed by atoms with Gasteiger partial charge in [0.25, 0.3) is 5.91 Å². The Bertz CT molecular complexity index is 1110. The van der Waals surface area contributed by atoms with Gasteiger partial charge in [-0.1, -0.05) is 0 Å². The van der Waals surface area contributed by atoms with Crippen molar-refractivity contribution in [2.75, 3.05) is 36.7 Å². The van der Waals surface area contributed by atoms with E-state index < -0.39 is 11.5 Å². The first-order chi connectivity index (χ1) is 16.7. The number of pyridine rings is 1. The third kappa shape index (κ3) is 5.51. The third-order valence-corrected chi connectivity index (χ3v) is 6.95. The molecule has 1 heterocycles. The maximum absolute atomic E-state index is 13.0. The molecule has 1 aromatic heterocycles. The first-order valence-corrected chi connectivity index (χ1v) is 12.3. The van der Waals surface area contributed by atoms with Crippen molar-refractivity contribution in [3.63, 3.8) is 0 Å². The highest BCUT2D eigenvalue weighted by Gasteiger charge is 2.45. The highest BCUT2D eigenvalue weighted by molar-refractivity contribution is 6.04. The van der Waals surface area contributed by atoms with E-state index in [1.807, 2.05) is 6.92 Å². The second-order valence-corrected chi connectivity index (χ2v) is 9.73. The Labute approximate surface area is 206 Å². The minimum Gasteiger partial charge on any atom is -0.492 e. The molecule has 5 N–H and O–H groups in total. The van der Waals surface area contributed by atoms with Crippen molar-refractivity contribution in [1.29, 1.82) is 0 Å². The predicted octanol–water partition coefficient (Wildman–Crippen LogP) is 3.01. The third-order valence-electron chi connectivity index (χ3n) is 6.95. The topological polar surface area (TPSA) is 124 Å². The predicted molar refractivity (Wildman–Crippen MR) is 136 cm³/mol. The molecular weight excluding hydrogens is 446 g/mol. The summed E-state index contributed by atoms with van der Waals surface area (Å²) in [6, 6.07) is 8.50. The molecule has 0 aliphatic heterocycles. The fraction of sp³-hybridized carbons (Fsp3) is 0.500. The first kappa shape index (κ1) is 24.8. The largest absolute Gasteiger partial charge is 0.492 e. The lowest BCUT2D eigenvalue weighted by atomic mass is 9.79. The lowest BCUT2D eigenvalue weighted by Crippen LogP contribution is -2.44. The number of aromatic nitrogens is 1. The number of nitrogens with two attached hydrogens (primary N) is 1. The van der Waals surface area contributed by atoms with E-state index in [2.05, 4.69) is 5.32 Å². The minimum absolute atomic E-state index is 0.0797. The van der Waals surface area contributed by atoms with Gasteiger partial charge in [-0.2, -0.15) is 0 Å². The molecule has 188 valence electrons. The molecule has 2 aliphatic rings. The number of nitrogen functional groups attached to an aromatic ring is 1. The summed E-state index contributed by atoms with van der Waals surface area (Å²) in [7, 11) is 3.56. The van der Waals surface area contributed by atoms with E-state index in [9.17, 15) is 15.1 Å². The Morgan fingerprint density at radius 2 is 2.00 bits per heavy atom. The number of benzene rings is 1. The Morgan fingerprint density at radius 1 is 1.29 bits per heavy atom. The van der Waals surface area contributed by atoms with Crippen molar-refractivity contribution in [3.8, 4) is 5.75 Å². The normalized spacial score (nSPS) is 22.2. The first-order valence-electron chi connectivity index (χ1n) is 12.3. The van der Waals surface area contributed by atoms with Crippen molar-refractivity contribution in [2.45, 2.75) is 57.1 Å². The summed E-state index contributed by atoms with van der Waals surface area (Å²) in [6.07, 6.45) is 7.28. The average molecular weight is 483 g/mol. The monoisotopic (exact) mass is 482 g/mol. The number of aliphatic hydroxyl groups is 1. The number of carbonyl (C=O) groups is 1. The van der Waals surface area contributed by atoms with Crippen molar-refractivity contribution < 1.29 is 24.6 Å². The number of anilines is 3. The number of carbonyl (C=O) groups excluding carboxylic acids is 1. The van der Waals surface area contributed by atoms with Gasteiger partial charge in [0.1, 0.15) is 5.75 Å². The molecule has 2 aliphatic carbocycles. The average Bonchev–Trinajstić information content (AvgIpc) is 3.67. The fourth-order valence-corrected chi connectivity index (χ4v) is 4.75. The van der Waals surface area contributed by atoms with Gasteiger partial charge in [0.2, 0.25) is 5.69 Å². The Hall–Kier alpha value is -3.33. The van der Waals surface area contributed by atoms with Crippen LogP contribution in [0, 0.1) is 5.92 Å². The molecule has 0 saturated heterocycles. The molecule has 0 radical (unpaired) electrons. The number of hydrogen-bond acceptors (Lipinski definition) is 7. The Morgan fingerprint density at radius 3 is 2.63 bits per heavy atom. The van der Waals surface area contributed by atoms with Crippen LogP contribution in [0.4, 0.5) is 17.2 Å². The van der Waals surface area contributed by atoms with Gasteiger partial charge in [0.05, 0.1) is 38.0 Å². The molecule has 2 aromatic rings. The molecular formula is C26H36N5O4+. The standard InChI is InChI=1S/C26H35N5O4/c1-4-35-23-15-20(27)17(16-28-19-10-12-26(33,13-11-19)18-8-9-18)14-21(23)29-25(32)22-6-5-7-24(30(2)3)31(22)34/h5-7,14-16,18-19,27,32-34H,4,8-13H2,1-3H3/p+1. The van der Waals surface area contributed by atoms with Crippen LogP contribution in [0.5, 0.6) is 5.75 Å². The molecule has 0 spiro atoms.